The van der Waals surface area contributed by atoms with Crippen LogP contribution >= 0.6 is 0 Å². The lowest BCUT2D eigenvalue weighted by Gasteiger charge is -2.39. The number of carbonyl (C=O) groups excluding carboxylic acids is 1. The lowest BCUT2D eigenvalue weighted by Crippen LogP contribution is -2.56. The van der Waals surface area contributed by atoms with E-state index in [9.17, 15) is 22.4 Å². The lowest BCUT2D eigenvalue weighted by molar-refractivity contribution is -0.159. The van der Waals surface area contributed by atoms with Crippen LogP contribution in [0.3, 0.4) is 0 Å². The fourth-order valence-electron chi connectivity index (χ4n) is 2.81. The Hall–Kier alpha value is -3.43. The molecule has 0 saturated carbocycles. The van der Waals surface area contributed by atoms with E-state index in [1.54, 1.807) is 18.2 Å². The number of hydrogen-bond donors (Lipinski definition) is 0. The minimum Gasteiger partial charge on any atom is -0.487 e. The average molecular weight is 407 g/mol. The highest BCUT2D eigenvalue weighted by Crippen LogP contribution is 2.30. The van der Waals surface area contributed by atoms with Gasteiger partial charge in [-0.2, -0.15) is 18.2 Å². The Balaban J connectivity index is 1.33. The molecule has 0 spiro atoms. The van der Waals surface area contributed by atoms with Crippen LogP contribution in [0.25, 0.3) is 11.4 Å². The summed E-state index contributed by atoms with van der Waals surface area (Å²) in [4.78, 5) is 17.1. The Labute approximate surface area is 161 Å². The number of rotatable bonds is 4. The molecule has 1 aliphatic rings. The van der Waals surface area contributed by atoms with Crippen LogP contribution in [-0.2, 0) is 6.18 Å². The van der Waals surface area contributed by atoms with Gasteiger partial charge in [0.15, 0.2) is 0 Å². The van der Waals surface area contributed by atoms with E-state index >= 15 is 0 Å². The molecule has 1 saturated heterocycles. The van der Waals surface area contributed by atoms with E-state index in [0.29, 0.717) is 24.4 Å². The second-order valence-electron chi connectivity index (χ2n) is 6.41. The molecule has 2 aromatic carbocycles. The molecule has 3 aromatic rings. The summed E-state index contributed by atoms with van der Waals surface area (Å²) in [6.07, 6.45) is -4.94. The van der Waals surface area contributed by atoms with Crippen molar-refractivity contribution in [1.29, 1.82) is 0 Å². The number of aromatic nitrogens is 2. The molecule has 1 aliphatic heterocycles. The van der Waals surface area contributed by atoms with E-state index in [2.05, 4.69) is 14.7 Å². The summed E-state index contributed by atoms with van der Waals surface area (Å²) in [7, 11) is 0. The molecule has 0 atom stereocenters. The Morgan fingerprint density at radius 1 is 1.14 bits per heavy atom. The molecule has 0 radical (unpaired) electrons. The highest BCUT2D eigenvalue weighted by atomic mass is 19.4. The van der Waals surface area contributed by atoms with E-state index in [1.165, 1.54) is 35.2 Å². The van der Waals surface area contributed by atoms with Gasteiger partial charge in [-0.3, -0.25) is 4.79 Å². The zero-order chi connectivity index (χ0) is 20.6. The average Bonchev–Trinajstić information content (AvgIpc) is 3.15. The van der Waals surface area contributed by atoms with Crippen LogP contribution in [-0.4, -0.2) is 40.1 Å². The number of carbonyl (C=O) groups is 1. The van der Waals surface area contributed by atoms with Crippen LogP contribution in [0.4, 0.5) is 17.6 Å². The molecule has 29 heavy (non-hydrogen) atoms. The Morgan fingerprint density at radius 3 is 2.48 bits per heavy atom. The maximum atomic E-state index is 13.2. The first-order chi connectivity index (χ1) is 13.8. The van der Waals surface area contributed by atoms with Crippen molar-refractivity contribution in [2.45, 2.75) is 12.3 Å². The van der Waals surface area contributed by atoms with Gasteiger partial charge in [0.05, 0.1) is 13.1 Å². The maximum Gasteiger partial charge on any atom is 0.471 e. The summed E-state index contributed by atoms with van der Waals surface area (Å²) >= 11 is 0. The second kappa shape index (κ2) is 7.19. The van der Waals surface area contributed by atoms with Gasteiger partial charge in [-0.25, -0.2) is 4.39 Å². The molecular formula is C19H13F4N3O3. The number of benzene rings is 2. The summed E-state index contributed by atoms with van der Waals surface area (Å²) in [6, 6.07) is 11.6. The second-order valence-corrected chi connectivity index (χ2v) is 6.41. The van der Waals surface area contributed by atoms with E-state index in [0.717, 1.165) is 0 Å². The quantitative estimate of drug-likeness (QED) is 0.616. The molecule has 10 heteroatoms. The number of hydrogen-bond acceptors (Lipinski definition) is 5. The van der Waals surface area contributed by atoms with E-state index in [1.807, 2.05) is 0 Å². The van der Waals surface area contributed by atoms with Crippen molar-refractivity contribution in [1.82, 2.24) is 15.0 Å². The van der Waals surface area contributed by atoms with Crippen LogP contribution < -0.4 is 4.74 Å². The Kier molecular flexibility index (Phi) is 4.69. The van der Waals surface area contributed by atoms with Gasteiger partial charge in [0, 0.05) is 11.1 Å². The minimum atomic E-state index is -4.70. The molecule has 1 fully saturated rings. The molecule has 150 valence electrons. The van der Waals surface area contributed by atoms with E-state index < -0.39 is 17.9 Å². The monoisotopic (exact) mass is 407 g/mol. The molecule has 1 aromatic heterocycles. The van der Waals surface area contributed by atoms with Gasteiger partial charge in [-0.15, -0.1) is 0 Å². The van der Waals surface area contributed by atoms with Gasteiger partial charge in [0.25, 0.3) is 5.91 Å². The Morgan fingerprint density at radius 2 is 1.86 bits per heavy atom. The maximum absolute atomic E-state index is 13.2. The standard InChI is InChI=1S/C19H13F4N3O3/c20-13-3-1-2-12(8-13)17(27)26-9-15(10-26)28-14-6-4-11(5-7-14)16-24-18(29-25-16)19(21,22)23/h1-8,15H,9-10H2. The molecule has 2 heterocycles. The van der Waals surface area contributed by atoms with Crippen molar-refractivity contribution in [3.63, 3.8) is 0 Å². The smallest absolute Gasteiger partial charge is 0.471 e. The molecule has 0 aliphatic carbocycles. The first-order valence-electron chi connectivity index (χ1n) is 8.52. The topological polar surface area (TPSA) is 68.5 Å². The number of amides is 1. The molecular weight excluding hydrogens is 394 g/mol. The van der Waals surface area contributed by atoms with Crippen LogP contribution in [0.5, 0.6) is 5.75 Å². The van der Waals surface area contributed by atoms with Crippen molar-refractivity contribution in [3.8, 4) is 17.1 Å². The third-order valence-electron chi connectivity index (χ3n) is 4.29. The third kappa shape index (κ3) is 4.05. The number of likely N-dealkylation sites (tertiary alicyclic amines) is 1. The largest absolute Gasteiger partial charge is 0.487 e. The predicted octanol–water partition coefficient (Wildman–Crippen LogP) is 3.80. The summed E-state index contributed by atoms with van der Waals surface area (Å²) in [5.41, 5.74) is 0.610. The highest BCUT2D eigenvalue weighted by molar-refractivity contribution is 5.94. The summed E-state index contributed by atoms with van der Waals surface area (Å²) < 4.78 is 60.7. The summed E-state index contributed by atoms with van der Waals surface area (Å²) in [5, 5.41) is 3.32. The first kappa shape index (κ1) is 18.9. The van der Waals surface area contributed by atoms with Gasteiger partial charge >= 0.3 is 12.1 Å². The highest BCUT2D eigenvalue weighted by Gasteiger charge is 2.38. The minimum absolute atomic E-state index is 0.181. The predicted molar refractivity (Wildman–Crippen MR) is 91.5 cm³/mol. The SMILES string of the molecule is O=C(c1cccc(F)c1)N1CC(Oc2ccc(-c3noc(C(F)(F)F)n3)cc2)C1. The fourth-order valence-corrected chi connectivity index (χ4v) is 2.81. The van der Waals surface area contributed by atoms with Crippen LogP contribution in [0, 0.1) is 5.82 Å². The van der Waals surface area contributed by atoms with Crippen LogP contribution in [0.1, 0.15) is 16.2 Å². The van der Waals surface area contributed by atoms with Crippen molar-refractivity contribution in [3.05, 3.63) is 65.8 Å². The fraction of sp³-hybridized carbons (Fsp3) is 0.211. The number of alkyl halides is 3. The number of ether oxygens (including phenoxy) is 1. The number of halogens is 4. The normalized spacial score (nSPS) is 14.6. The van der Waals surface area contributed by atoms with Gasteiger partial charge in [-0.1, -0.05) is 11.2 Å². The zero-order valence-electron chi connectivity index (χ0n) is 14.7. The van der Waals surface area contributed by atoms with Crippen molar-refractivity contribution >= 4 is 5.91 Å². The molecule has 0 unspecified atom stereocenters. The molecule has 0 N–H and O–H groups in total. The van der Waals surface area contributed by atoms with Gasteiger partial charge in [-0.05, 0) is 42.5 Å². The van der Waals surface area contributed by atoms with Crippen LogP contribution in [0.2, 0.25) is 0 Å². The van der Waals surface area contributed by atoms with Crippen molar-refractivity contribution < 1.29 is 31.6 Å². The molecule has 6 nitrogen and oxygen atoms in total. The van der Waals surface area contributed by atoms with E-state index in [4.69, 9.17) is 4.74 Å². The van der Waals surface area contributed by atoms with E-state index in [-0.39, 0.29) is 23.4 Å². The van der Waals surface area contributed by atoms with Gasteiger partial charge in [0.2, 0.25) is 5.82 Å². The van der Waals surface area contributed by atoms with Crippen molar-refractivity contribution in [2.75, 3.05) is 13.1 Å². The lowest BCUT2D eigenvalue weighted by atomic mass is 10.1. The zero-order valence-corrected chi connectivity index (χ0v) is 14.7. The molecule has 0 bridgehead atoms. The van der Waals surface area contributed by atoms with Crippen molar-refractivity contribution in [2.24, 2.45) is 0 Å². The van der Waals surface area contributed by atoms with Gasteiger partial charge < -0.3 is 14.2 Å². The Bertz CT molecular complexity index is 1030. The summed E-state index contributed by atoms with van der Waals surface area (Å²) in [5.74, 6) is -1.87. The first-order valence-corrected chi connectivity index (χ1v) is 8.52. The summed E-state index contributed by atoms with van der Waals surface area (Å²) in [6.45, 7) is 0.688. The third-order valence-corrected chi connectivity index (χ3v) is 4.29. The number of nitrogens with zero attached hydrogens (tertiary/aromatic N) is 3. The molecule has 4 rings (SSSR count). The van der Waals surface area contributed by atoms with Gasteiger partial charge in [0.1, 0.15) is 17.7 Å². The van der Waals surface area contributed by atoms with Crippen LogP contribution in [0.15, 0.2) is 53.1 Å². The molecule has 1 amide bonds.